The summed E-state index contributed by atoms with van der Waals surface area (Å²) < 4.78 is 0. The summed E-state index contributed by atoms with van der Waals surface area (Å²) in [6.07, 6.45) is 4.59. The van der Waals surface area contributed by atoms with Gasteiger partial charge in [0.05, 0.1) is 10.6 Å². The van der Waals surface area contributed by atoms with Crippen molar-refractivity contribution in [2.24, 2.45) is 0 Å². The van der Waals surface area contributed by atoms with Gasteiger partial charge in [-0.25, -0.2) is 15.0 Å². The lowest BCUT2D eigenvalue weighted by atomic mass is 10.2. The van der Waals surface area contributed by atoms with Gasteiger partial charge in [0.1, 0.15) is 22.9 Å². The number of aromatic nitrogens is 4. The van der Waals surface area contributed by atoms with Gasteiger partial charge in [-0.2, -0.15) is 11.3 Å². The van der Waals surface area contributed by atoms with E-state index in [0.29, 0.717) is 5.82 Å². The number of rotatable bonds is 5. The quantitative estimate of drug-likeness (QED) is 0.462. The number of thiophene rings is 1. The van der Waals surface area contributed by atoms with Crippen molar-refractivity contribution >= 4 is 28.5 Å². The van der Waals surface area contributed by atoms with Crippen LogP contribution < -0.4 is 5.32 Å². The number of nitrogens with zero attached hydrogens (tertiary/aromatic N) is 3. The normalized spacial score (nSPS) is 12.2. The number of nitrogens with one attached hydrogen (secondary N) is 2. The molecule has 0 fully saturated rings. The summed E-state index contributed by atoms with van der Waals surface area (Å²) in [5.74, 6) is 1.42. The zero-order valence-corrected chi connectivity index (χ0v) is 14.9. The van der Waals surface area contributed by atoms with Crippen molar-refractivity contribution < 1.29 is 5.11 Å². The maximum absolute atomic E-state index is 9.49. The van der Waals surface area contributed by atoms with E-state index in [1.807, 2.05) is 23.7 Å². The Labute approximate surface area is 152 Å². The SMILES string of the molecule is CC(O)Nc1cc(-c2nc(-c3ccsc3)c(-c3ncc[nH]3)s2)ccn1. The molecule has 126 valence electrons. The van der Waals surface area contributed by atoms with Crippen LogP contribution in [0, 0.1) is 0 Å². The number of imidazole rings is 1. The lowest BCUT2D eigenvalue weighted by molar-refractivity contribution is 0.224. The van der Waals surface area contributed by atoms with Crippen LogP contribution in [0.1, 0.15) is 6.92 Å². The molecule has 8 heteroatoms. The zero-order chi connectivity index (χ0) is 17.2. The van der Waals surface area contributed by atoms with Crippen molar-refractivity contribution in [2.45, 2.75) is 13.2 Å². The largest absolute Gasteiger partial charge is 0.374 e. The summed E-state index contributed by atoms with van der Waals surface area (Å²) in [6, 6.07) is 5.85. The number of H-pyrrole nitrogens is 1. The minimum Gasteiger partial charge on any atom is -0.374 e. The van der Waals surface area contributed by atoms with Crippen molar-refractivity contribution in [1.29, 1.82) is 0 Å². The summed E-state index contributed by atoms with van der Waals surface area (Å²) in [4.78, 5) is 17.6. The maximum atomic E-state index is 9.49. The minimum atomic E-state index is -0.668. The van der Waals surface area contributed by atoms with E-state index < -0.39 is 6.23 Å². The molecule has 0 saturated heterocycles. The van der Waals surface area contributed by atoms with Gasteiger partial charge in [-0.1, -0.05) is 0 Å². The van der Waals surface area contributed by atoms with Gasteiger partial charge in [0, 0.05) is 35.1 Å². The second kappa shape index (κ2) is 6.75. The molecule has 4 rings (SSSR count). The number of aliphatic hydroxyl groups excluding tert-OH is 1. The van der Waals surface area contributed by atoms with Crippen LogP contribution in [-0.2, 0) is 0 Å². The molecular formula is C17H15N5OS2. The van der Waals surface area contributed by atoms with Crippen molar-refractivity contribution in [3.05, 3.63) is 47.5 Å². The fourth-order valence-corrected chi connectivity index (χ4v) is 4.13. The Hall–Kier alpha value is -2.55. The van der Waals surface area contributed by atoms with Gasteiger partial charge >= 0.3 is 0 Å². The first-order valence-corrected chi connectivity index (χ1v) is 9.41. The molecule has 4 aromatic rings. The third-order valence-corrected chi connectivity index (χ3v) is 5.29. The van der Waals surface area contributed by atoms with Crippen LogP contribution in [0.2, 0.25) is 0 Å². The Morgan fingerprint density at radius 2 is 2.12 bits per heavy atom. The number of hydrogen-bond acceptors (Lipinski definition) is 7. The molecule has 4 aromatic heterocycles. The number of hydrogen-bond donors (Lipinski definition) is 3. The number of anilines is 1. The van der Waals surface area contributed by atoms with Crippen LogP contribution in [-0.4, -0.2) is 31.3 Å². The molecular weight excluding hydrogens is 354 g/mol. The smallest absolute Gasteiger partial charge is 0.149 e. The van der Waals surface area contributed by atoms with E-state index in [0.717, 1.165) is 32.5 Å². The predicted molar refractivity (Wildman–Crippen MR) is 102 cm³/mol. The molecule has 1 atom stereocenters. The van der Waals surface area contributed by atoms with Gasteiger partial charge in [-0.15, -0.1) is 11.3 Å². The summed E-state index contributed by atoms with van der Waals surface area (Å²) in [6.45, 7) is 1.65. The molecule has 4 heterocycles. The van der Waals surface area contributed by atoms with E-state index in [-0.39, 0.29) is 0 Å². The molecule has 0 aliphatic carbocycles. The zero-order valence-electron chi connectivity index (χ0n) is 13.3. The second-order valence-corrected chi connectivity index (χ2v) is 7.18. The van der Waals surface area contributed by atoms with Crippen LogP contribution in [0.3, 0.4) is 0 Å². The molecule has 0 radical (unpaired) electrons. The van der Waals surface area contributed by atoms with E-state index >= 15 is 0 Å². The highest BCUT2D eigenvalue weighted by Crippen LogP contribution is 2.40. The highest BCUT2D eigenvalue weighted by Gasteiger charge is 2.18. The maximum Gasteiger partial charge on any atom is 0.149 e. The molecule has 3 N–H and O–H groups in total. The van der Waals surface area contributed by atoms with Gasteiger partial charge in [-0.05, 0) is 30.5 Å². The van der Waals surface area contributed by atoms with Gasteiger partial charge in [-0.3, -0.25) is 0 Å². The topological polar surface area (TPSA) is 86.7 Å². The van der Waals surface area contributed by atoms with E-state index in [9.17, 15) is 5.11 Å². The van der Waals surface area contributed by atoms with Crippen molar-refractivity contribution in [3.63, 3.8) is 0 Å². The Morgan fingerprint density at radius 3 is 2.84 bits per heavy atom. The van der Waals surface area contributed by atoms with Gasteiger partial charge in [0.2, 0.25) is 0 Å². The Kier molecular flexibility index (Phi) is 4.31. The summed E-state index contributed by atoms with van der Waals surface area (Å²) in [7, 11) is 0. The summed E-state index contributed by atoms with van der Waals surface area (Å²) in [5, 5.41) is 17.4. The number of aromatic amines is 1. The van der Waals surface area contributed by atoms with E-state index in [2.05, 4.69) is 31.7 Å². The highest BCUT2D eigenvalue weighted by atomic mass is 32.1. The number of thiazole rings is 1. The lowest BCUT2D eigenvalue weighted by Gasteiger charge is -2.08. The standard InChI is InChI=1S/C17H15N5OS2/c1-10(23)21-13-8-11(2-4-18-13)17-22-14(12-3-7-24-9-12)15(25-17)16-19-5-6-20-16/h2-10,23H,1H3,(H,18,21)(H,19,20). The first-order valence-electron chi connectivity index (χ1n) is 7.65. The van der Waals surface area contributed by atoms with Gasteiger partial charge < -0.3 is 15.4 Å². The fraction of sp³-hybridized carbons (Fsp3) is 0.118. The molecule has 6 nitrogen and oxygen atoms in total. The average molecular weight is 369 g/mol. The second-order valence-electron chi connectivity index (χ2n) is 5.40. The monoisotopic (exact) mass is 369 g/mol. The molecule has 0 saturated carbocycles. The predicted octanol–water partition coefficient (Wildman–Crippen LogP) is 4.07. The fourth-order valence-electron chi connectivity index (χ4n) is 2.44. The molecule has 0 aliphatic rings. The molecule has 0 bridgehead atoms. The molecule has 0 amide bonds. The molecule has 0 aliphatic heterocycles. The minimum absolute atomic E-state index is 0.610. The van der Waals surface area contributed by atoms with Gasteiger partial charge in [0.15, 0.2) is 0 Å². The van der Waals surface area contributed by atoms with E-state index in [1.54, 1.807) is 42.0 Å². The van der Waals surface area contributed by atoms with Gasteiger partial charge in [0.25, 0.3) is 0 Å². The molecule has 1 unspecified atom stereocenters. The molecule has 25 heavy (non-hydrogen) atoms. The number of pyridine rings is 1. The summed E-state index contributed by atoms with van der Waals surface area (Å²) in [5.41, 5.74) is 2.94. The van der Waals surface area contributed by atoms with Crippen LogP contribution >= 0.6 is 22.7 Å². The van der Waals surface area contributed by atoms with E-state index in [4.69, 9.17) is 4.98 Å². The van der Waals surface area contributed by atoms with Crippen LogP contribution in [0.5, 0.6) is 0 Å². The Balaban J connectivity index is 1.80. The third kappa shape index (κ3) is 3.32. The number of aliphatic hydroxyl groups is 1. The first-order chi connectivity index (χ1) is 12.2. The summed E-state index contributed by atoms with van der Waals surface area (Å²) >= 11 is 3.22. The van der Waals surface area contributed by atoms with Crippen molar-refractivity contribution in [3.8, 4) is 32.5 Å². The van der Waals surface area contributed by atoms with Crippen molar-refractivity contribution in [1.82, 2.24) is 19.9 Å². The van der Waals surface area contributed by atoms with Crippen LogP contribution in [0.4, 0.5) is 5.82 Å². The Morgan fingerprint density at radius 1 is 1.20 bits per heavy atom. The third-order valence-electron chi connectivity index (χ3n) is 3.50. The Bertz CT molecular complexity index is 909. The highest BCUT2D eigenvalue weighted by molar-refractivity contribution is 7.19. The lowest BCUT2D eigenvalue weighted by Crippen LogP contribution is -2.14. The average Bonchev–Trinajstić information content (AvgIpc) is 3.34. The van der Waals surface area contributed by atoms with Crippen LogP contribution in [0.25, 0.3) is 32.5 Å². The van der Waals surface area contributed by atoms with E-state index in [1.165, 1.54) is 0 Å². The molecule has 0 aromatic carbocycles. The van der Waals surface area contributed by atoms with Crippen molar-refractivity contribution in [2.75, 3.05) is 5.32 Å². The first kappa shape index (κ1) is 15.9. The molecule has 0 spiro atoms. The van der Waals surface area contributed by atoms with Crippen LogP contribution in [0.15, 0.2) is 47.5 Å².